The Hall–Kier alpha value is -2.57. The number of benzene rings is 3. The molecule has 1 aliphatic heterocycles. The van der Waals surface area contributed by atoms with Crippen molar-refractivity contribution < 1.29 is 19.3 Å². The lowest BCUT2D eigenvalue weighted by atomic mass is 9.72. The first-order valence-corrected chi connectivity index (χ1v) is 11.5. The molecule has 4 rings (SSSR count). The van der Waals surface area contributed by atoms with E-state index in [0.717, 1.165) is 30.0 Å². The molecule has 6 heteroatoms. The van der Waals surface area contributed by atoms with E-state index < -0.39 is 5.60 Å². The number of hydrogen-bond acceptors (Lipinski definition) is 5. The first-order chi connectivity index (χ1) is 16.1. The molecular weight excluding hydrogens is 438 g/mol. The standard InChI is InChI=1S/C27H30ClNO4/c1-31-23-13-9-21(10-14-23)27(30,24-5-3-4-6-26(24)32-2)25(19-29-15-17-33-18-16-29)20-7-11-22(28)12-8-20/h3-14,25,30H,15-19H2,1-2H3/t25-,27+/m1/s1. The zero-order valence-corrected chi connectivity index (χ0v) is 19.8. The molecule has 3 aromatic carbocycles. The van der Waals surface area contributed by atoms with Crippen molar-refractivity contribution in [1.82, 2.24) is 4.90 Å². The number of halogens is 1. The van der Waals surface area contributed by atoms with Gasteiger partial charge in [0, 0.05) is 36.1 Å². The molecule has 2 atom stereocenters. The molecule has 0 unspecified atom stereocenters. The lowest BCUT2D eigenvalue weighted by Gasteiger charge is -2.41. The van der Waals surface area contributed by atoms with E-state index >= 15 is 0 Å². The number of para-hydroxylation sites is 1. The van der Waals surface area contributed by atoms with Crippen molar-refractivity contribution in [3.63, 3.8) is 0 Å². The predicted octanol–water partition coefficient (Wildman–Crippen LogP) is 4.71. The summed E-state index contributed by atoms with van der Waals surface area (Å²) in [6.45, 7) is 3.64. The van der Waals surface area contributed by atoms with E-state index in [1.165, 1.54) is 0 Å². The average molecular weight is 468 g/mol. The number of hydrogen-bond donors (Lipinski definition) is 1. The Kier molecular flexibility index (Phi) is 7.56. The SMILES string of the molecule is COc1ccc([C@](O)(c2ccccc2OC)[C@H](CN2CCOCC2)c2ccc(Cl)cc2)cc1. The molecule has 0 amide bonds. The highest BCUT2D eigenvalue weighted by atomic mass is 35.5. The molecule has 0 bridgehead atoms. The summed E-state index contributed by atoms with van der Waals surface area (Å²) in [5.41, 5.74) is 1.10. The van der Waals surface area contributed by atoms with Gasteiger partial charge in [0.2, 0.25) is 0 Å². The Morgan fingerprint density at radius 2 is 1.61 bits per heavy atom. The van der Waals surface area contributed by atoms with Crippen LogP contribution in [0.4, 0.5) is 0 Å². The third-order valence-corrected chi connectivity index (χ3v) is 6.62. The van der Waals surface area contributed by atoms with Crippen LogP contribution in [0.2, 0.25) is 5.02 Å². The fourth-order valence-electron chi connectivity index (χ4n) is 4.56. The molecule has 1 aliphatic rings. The molecule has 1 heterocycles. The highest BCUT2D eigenvalue weighted by Crippen LogP contribution is 2.46. The molecule has 0 spiro atoms. The van der Waals surface area contributed by atoms with E-state index in [0.29, 0.717) is 36.1 Å². The maximum Gasteiger partial charge on any atom is 0.126 e. The first-order valence-electron chi connectivity index (χ1n) is 11.1. The largest absolute Gasteiger partial charge is 0.497 e. The zero-order chi connectivity index (χ0) is 23.3. The lowest BCUT2D eigenvalue weighted by Crippen LogP contribution is -2.45. The van der Waals surface area contributed by atoms with Crippen LogP contribution in [0.15, 0.2) is 72.8 Å². The highest BCUT2D eigenvalue weighted by molar-refractivity contribution is 6.30. The Morgan fingerprint density at radius 3 is 2.24 bits per heavy atom. The highest BCUT2D eigenvalue weighted by Gasteiger charge is 2.44. The normalized spacial score (nSPS) is 17.2. The van der Waals surface area contributed by atoms with Gasteiger partial charge in [0.15, 0.2) is 0 Å². The topological polar surface area (TPSA) is 51.2 Å². The van der Waals surface area contributed by atoms with Crippen LogP contribution in [0.5, 0.6) is 11.5 Å². The van der Waals surface area contributed by atoms with Crippen LogP contribution in [0.1, 0.15) is 22.6 Å². The first kappa shape index (κ1) is 23.6. The van der Waals surface area contributed by atoms with E-state index in [2.05, 4.69) is 4.90 Å². The van der Waals surface area contributed by atoms with E-state index in [-0.39, 0.29) is 5.92 Å². The summed E-state index contributed by atoms with van der Waals surface area (Å²) >= 11 is 6.21. The van der Waals surface area contributed by atoms with Crippen LogP contribution in [-0.4, -0.2) is 57.1 Å². The van der Waals surface area contributed by atoms with Gasteiger partial charge < -0.3 is 19.3 Å². The summed E-state index contributed by atoms with van der Waals surface area (Å²) in [6, 6.07) is 23.0. The van der Waals surface area contributed by atoms with Gasteiger partial charge in [0.25, 0.3) is 0 Å². The number of rotatable bonds is 8. The van der Waals surface area contributed by atoms with Gasteiger partial charge in [-0.25, -0.2) is 0 Å². The molecule has 0 saturated carbocycles. The van der Waals surface area contributed by atoms with Gasteiger partial charge in [0.1, 0.15) is 17.1 Å². The fourth-order valence-corrected chi connectivity index (χ4v) is 4.69. The second-order valence-electron chi connectivity index (χ2n) is 8.21. The van der Waals surface area contributed by atoms with Crippen molar-refractivity contribution in [1.29, 1.82) is 0 Å². The molecule has 0 aromatic heterocycles. The van der Waals surface area contributed by atoms with Gasteiger partial charge in [-0.3, -0.25) is 4.90 Å². The third-order valence-electron chi connectivity index (χ3n) is 6.37. The van der Waals surface area contributed by atoms with Crippen molar-refractivity contribution in [2.75, 3.05) is 47.1 Å². The maximum atomic E-state index is 12.7. The minimum absolute atomic E-state index is 0.294. The fraction of sp³-hybridized carbons (Fsp3) is 0.333. The van der Waals surface area contributed by atoms with E-state index in [9.17, 15) is 5.11 Å². The van der Waals surface area contributed by atoms with Gasteiger partial charge >= 0.3 is 0 Å². The number of nitrogens with zero attached hydrogens (tertiary/aromatic N) is 1. The molecule has 5 nitrogen and oxygen atoms in total. The van der Waals surface area contributed by atoms with Crippen LogP contribution in [0.25, 0.3) is 0 Å². The number of morpholine rings is 1. The van der Waals surface area contributed by atoms with E-state index in [1.54, 1.807) is 14.2 Å². The molecule has 1 N–H and O–H groups in total. The second kappa shape index (κ2) is 10.6. The second-order valence-corrected chi connectivity index (χ2v) is 8.65. The summed E-state index contributed by atoms with van der Waals surface area (Å²) in [5, 5.41) is 13.4. The molecule has 3 aromatic rings. The van der Waals surface area contributed by atoms with Crippen molar-refractivity contribution in [2.24, 2.45) is 0 Å². The molecule has 1 saturated heterocycles. The monoisotopic (exact) mass is 467 g/mol. The van der Waals surface area contributed by atoms with Gasteiger partial charge in [-0.1, -0.05) is 54.1 Å². The molecule has 33 heavy (non-hydrogen) atoms. The molecule has 174 valence electrons. The Labute approximate surface area is 200 Å². The van der Waals surface area contributed by atoms with Gasteiger partial charge in [-0.05, 0) is 41.5 Å². The molecule has 1 fully saturated rings. The summed E-state index contributed by atoms with van der Waals surface area (Å²) < 4.78 is 16.6. The van der Waals surface area contributed by atoms with E-state index in [1.807, 2.05) is 72.8 Å². The Balaban J connectivity index is 1.90. The van der Waals surface area contributed by atoms with E-state index in [4.69, 9.17) is 25.8 Å². The van der Waals surface area contributed by atoms with Crippen LogP contribution in [0, 0.1) is 0 Å². The summed E-state index contributed by atoms with van der Waals surface area (Å²) in [5.74, 6) is 1.08. The molecular formula is C27H30ClNO4. The quantitative estimate of drug-likeness (QED) is 0.520. The van der Waals surface area contributed by atoms with Crippen molar-refractivity contribution >= 4 is 11.6 Å². The summed E-state index contributed by atoms with van der Waals surface area (Å²) in [6.07, 6.45) is 0. The summed E-state index contributed by atoms with van der Waals surface area (Å²) in [7, 11) is 3.27. The Bertz CT molecular complexity index is 1030. The van der Waals surface area contributed by atoms with Gasteiger partial charge in [0.05, 0.1) is 27.4 Å². The van der Waals surface area contributed by atoms with Gasteiger partial charge in [-0.2, -0.15) is 0 Å². The predicted molar refractivity (Wildman–Crippen MR) is 130 cm³/mol. The van der Waals surface area contributed by atoms with Crippen LogP contribution in [-0.2, 0) is 10.3 Å². The summed E-state index contributed by atoms with van der Waals surface area (Å²) in [4.78, 5) is 2.34. The van der Waals surface area contributed by atoms with Crippen molar-refractivity contribution in [3.8, 4) is 11.5 Å². The number of ether oxygens (including phenoxy) is 3. The zero-order valence-electron chi connectivity index (χ0n) is 19.0. The number of aliphatic hydroxyl groups is 1. The Morgan fingerprint density at radius 1 is 0.939 bits per heavy atom. The van der Waals surface area contributed by atoms with Gasteiger partial charge in [-0.15, -0.1) is 0 Å². The maximum absolute atomic E-state index is 12.7. The van der Waals surface area contributed by atoms with Crippen LogP contribution in [0.3, 0.4) is 0 Å². The molecule has 0 radical (unpaired) electrons. The minimum Gasteiger partial charge on any atom is -0.497 e. The molecule has 0 aliphatic carbocycles. The average Bonchev–Trinajstić information content (AvgIpc) is 2.88. The van der Waals surface area contributed by atoms with Crippen LogP contribution < -0.4 is 9.47 Å². The van der Waals surface area contributed by atoms with Crippen molar-refractivity contribution in [3.05, 3.63) is 94.5 Å². The smallest absolute Gasteiger partial charge is 0.126 e. The lowest BCUT2D eigenvalue weighted by molar-refractivity contribution is -0.000149. The number of methoxy groups -OCH3 is 2. The minimum atomic E-state index is -1.37. The van der Waals surface area contributed by atoms with Crippen LogP contribution >= 0.6 is 11.6 Å². The van der Waals surface area contributed by atoms with Crippen molar-refractivity contribution in [2.45, 2.75) is 11.5 Å². The third kappa shape index (κ3) is 5.02.